The van der Waals surface area contributed by atoms with E-state index in [1.54, 1.807) is 0 Å². The Kier molecular flexibility index (Phi) is 5.26. The Labute approximate surface area is 106 Å². The van der Waals surface area contributed by atoms with Gasteiger partial charge in [0.25, 0.3) is 0 Å². The van der Waals surface area contributed by atoms with Crippen molar-refractivity contribution in [2.75, 3.05) is 32.7 Å². The maximum Gasteiger partial charge on any atom is 0.0243 e. The number of hydrogen-bond acceptors (Lipinski definition) is 3. The highest BCUT2D eigenvalue weighted by molar-refractivity contribution is 4.82. The molecule has 2 unspecified atom stereocenters. The van der Waals surface area contributed by atoms with E-state index in [-0.39, 0.29) is 0 Å². The van der Waals surface area contributed by atoms with Gasteiger partial charge in [-0.05, 0) is 51.2 Å². The molecular weight excluding hydrogens is 210 g/mol. The molecule has 0 saturated carbocycles. The van der Waals surface area contributed by atoms with E-state index in [0.29, 0.717) is 0 Å². The Morgan fingerprint density at radius 1 is 1.24 bits per heavy atom. The SMILES string of the molecule is CC(C)C(CNCC1CCCN1)N1CCCC1. The molecule has 0 radical (unpaired) electrons. The summed E-state index contributed by atoms with van der Waals surface area (Å²) in [7, 11) is 0. The van der Waals surface area contributed by atoms with Crippen LogP contribution >= 0.6 is 0 Å². The molecule has 2 aliphatic heterocycles. The average molecular weight is 239 g/mol. The van der Waals surface area contributed by atoms with Crippen molar-refractivity contribution in [1.82, 2.24) is 15.5 Å². The highest BCUT2D eigenvalue weighted by Crippen LogP contribution is 2.17. The molecule has 2 atom stereocenters. The first kappa shape index (κ1) is 13.3. The van der Waals surface area contributed by atoms with Gasteiger partial charge in [-0.3, -0.25) is 4.90 Å². The molecule has 0 aromatic heterocycles. The molecule has 2 aliphatic rings. The van der Waals surface area contributed by atoms with Crippen LogP contribution in [0.3, 0.4) is 0 Å². The average Bonchev–Trinajstić information content (AvgIpc) is 2.96. The van der Waals surface area contributed by atoms with E-state index in [2.05, 4.69) is 29.4 Å². The summed E-state index contributed by atoms with van der Waals surface area (Å²) in [4.78, 5) is 2.68. The quantitative estimate of drug-likeness (QED) is 0.734. The van der Waals surface area contributed by atoms with Crippen molar-refractivity contribution in [2.45, 2.75) is 51.6 Å². The van der Waals surface area contributed by atoms with Crippen molar-refractivity contribution >= 4 is 0 Å². The van der Waals surface area contributed by atoms with Crippen LogP contribution < -0.4 is 10.6 Å². The minimum atomic E-state index is 0.724. The van der Waals surface area contributed by atoms with Gasteiger partial charge in [-0.1, -0.05) is 13.8 Å². The Morgan fingerprint density at radius 2 is 2.00 bits per heavy atom. The summed E-state index contributed by atoms with van der Waals surface area (Å²) >= 11 is 0. The predicted molar refractivity (Wildman–Crippen MR) is 73.3 cm³/mol. The van der Waals surface area contributed by atoms with Crippen LogP contribution in [-0.4, -0.2) is 49.7 Å². The maximum atomic E-state index is 3.68. The van der Waals surface area contributed by atoms with E-state index >= 15 is 0 Å². The summed E-state index contributed by atoms with van der Waals surface area (Å²) in [5, 5.41) is 7.23. The van der Waals surface area contributed by atoms with Crippen LogP contribution in [0.5, 0.6) is 0 Å². The Morgan fingerprint density at radius 3 is 2.59 bits per heavy atom. The lowest BCUT2D eigenvalue weighted by molar-refractivity contribution is 0.185. The highest BCUT2D eigenvalue weighted by Gasteiger charge is 2.24. The van der Waals surface area contributed by atoms with Gasteiger partial charge in [-0.15, -0.1) is 0 Å². The van der Waals surface area contributed by atoms with Crippen LogP contribution in [0, 0.1) is 5.92 Å². The topological polar surface area (TPSA) is 27.3 Å². The molecule has 2 fully saturated rings. The van der Waals surface area contributed by atoms with Crippen LogP contribution in [0.2, 0.25) is 0 Å². The summed E-state index contributed by atoms with van der Waals surface area (Å²) in [6.07, 6.45) is 5.50. The molecule has 2 rings (SSSR count). The fourth-order valence-electron chi connectivity index (χ4n) is 3.20. The highest BCUT2D eigenvalue weighted by atomic mass is 15.2. The van der Waals surface area contributed by atoms with Crippen molar-refractivity contribution in [1.29, 1.82) is 0 Å². The first-order valence-electron chi connectivity index (χ1n) is 7.45. The van der Waals surface area contributed by atoms with Crippen molar-refractivity contribution in [3.8, 4) is 0 Å². The molecule has 3 heteroatoms. The second kappa shape index (κ2) is 6.72. The molecule has 0 aromatic rings. The number of hydrogen-bond donors (Lipinski definition) is 2. The molecule has 0 bridgehead atoms. The Balaban J connectivity index is 1.69. The van der Waals surface area contributed by atoms with Crippen molar-refractivity contribution in [2.24, 2.45) is 5.92 Å². The van der Waals surface area contributed by atoms with Gasteiger partial charge in [0.1, 0.15) is 0 Å². The van der Waals surface area contributed by atoms with Crippen LogP contribution in [-0.2, 0) is 0 Å². The van der Waals surface area contributed by atoms with Gasteiger partial charge in [-0.2, -0.15) is 0 Å². The van der Waals surface area contributed by atoms with Crippen LogP contribution in [0.25, 0.3) is 0 Å². The molecule has 0 amide bonds. The van der Waals surface area contributed by atoms with Crippen LogP contribution in [0.4, 0.5) is 0 Å². The zero-order valence-corrected chi connectivity index (χ0v) is 11.5. The number of nitrogens with zero attached hydrogens (tertiary/aromatic N) is 1. The lowest BCUT2D eigenvalue weighted by Crippen LogP contribution is -2.46. The van der Waals surface area contributed by atoms with E-state index in [0.717, 1.165) is 31.1 Å². The van der Waals surface area contributed by atoms with Gasteiger partial charge < -0.3 is 10.6 Å². The third-order valence-corrected chi connectivity index (χ3v) is 4.29. The first-order chi connectivity index (χ1) is 8.27. The normalized spacial score (nSPS) is 28.1. The van der Waals surface area contributed by atoms with Gasteiger partial charge in [0, 0.05) is 25.2 Å². The fraction of sp³-hybridized carbons (Fsp3) is 1.00. The van der Waals surface area contributed by atoms with E-state index in [1.807, 2.05) is 0 Å². The van der Waals surface area contributed by atoms with E-state index in [4.69, 9.17) is 0 Å². The first-order valence-corrected chi connectivity index (χ1v) is 7.45. The minimum absolute atomic E-state index is 0.724. The largest absolute Gasteiger partial charge is 0.314 e. The van der Waals surface area contributed by atoms with Gasteiger partial charge in [0.15, 0.2) is 0 Å². The lowest BCUT2D eigenvalue weighted by atomic mass is 10.0. The Hall–Kier alpha value is -0.120. The predicted octanol–water partition coefficient (Wildman–Crippen LogP) is 1.45. The molecule has 2 saturated heterocycles. The van der Waals surface area contributed by atoms with Gasteiger partial charge in [0.2, 0.25) is 0 Å². The van der Waals surface area contributed by atoms with Crippen LogP contribution in [0.1, 0.15) is 39.5 Å². The third-order valence-electron chi connectivity index (χ3n) is 4.29. The molecule has 2 N–H and O–H groups in total. The van der Waals surface area contributed by atoms with Gasteiger partial charge in [0.05, 0.1) is 0 Å². The molecule has 100 valence electrons. The van der Waals surface area contributed by atoms with E-state index < -0.39 is 0 Å². The molecule has 17 heavy (non-hydrogen) atoms. The summed E-state index contributed by atoms with van der Waals surface area (Å²) in [5.41, 5.74) is 0. The second-order valence-corrected chi connectivity index (χ2v) is 6.01. The van der Waals surface area contributed by atoms with E-state index in [9.17, 15) is 0 Å². The van der Waals surface area contributed by atoms with Gasteiger partial charge in [-0.25, -0.2) is 0 Å². The summed E-state index contributed by atoms with van der Waals surface area (Å²) in [5.74, 6) is 0.761. The van der Waals surface area contributed by atoms with Crippen molar-refractivity contribution in [3.63, 3.8) is 0 Å². The number of likely N-dealkylation sites (tertiary alicyclic amines) is 1. The summed E-state index contributed by atoms with van der Waals surface area (Å²) in [6, 6.07) is 1.46. The lowest BCUT2D eigenvalue weighted by Gasteiger charge is -2.31. The van der Waals surface area contributed by atoms with Gasteiger partial charge >= 0.3 is 0 Å². The zero-order chi connectivity index (χ0) is 12.1. The zero-order valence-electron chi connectivity index (χ0n) is 11.5. The molecule has 0 aliphatic carbocycles. The van der Waals surface area contributed by atoms with E-state index in [1.165, 1.54) is 45.3 Å². The number of nitrogens with one attached hydrogen (secondary N) is 2. The molecule has 0 spiro atoms. The molecule has 2 heterocycles. The molecular formula is C14H29N3. The van der Waals surface area contributed by atoms with Crippen molar-refractivity contribution in [3.05, 3.63) is 0 Å². The maximum absolute atomic E-state index is 3.68. The fourth-order valence-corrected chi connectivity index (χ4v) is 3.20. The Bertz CT molecular complexity index is 206. The smallest absolute Gasteiger partial charge is 0.0243 e. The monoisotopic (exact) mass is 239 g/mol. The second-order valence-electron chi connectivity index (χ2n) is 6.01. The summed E-state index contributed by atoms with van der Waals surface area (Å²) < 4.78 is 0. The number of rotatable bonds is 6. The standard InChI is InChI=1S/C14H29N3/c1-12(2)14(17-8-3-4-9-17)11-15-10-13-6-5-7-16-13/h12-16H,3-11H2,1-2H3. The van der Waals surface area contributed by atoms with Crippen LogP contribution in [0.15, 0.2) is 0 Å². The molecule has 3 nitrogen and oxygen atoms in total. The van der Waals surface area contributed by atoms with Crippen molar-refractivity contribution < 1.29 is 0 Å². The third kappa shape index (κ3) is 3.94. The summed E-state index contributed by atoms with van der Waals surface area (Å²) in [6.45, 7) is 10.9. The molecule has 0 aromatic carbocycles. The minimum Gasteiger partial charge on any atom is -0.314 e.